The third-order valence-electron chi connectivity index (χ3n) is 1.66. The summed E-state index contributed by atoms with van der Waals surface area (Å²) in [6.45, 7) is 0.643. The molecule has 0 saturated heterocycles. The van der Waals surface area contributed by atoms with E-state index in [0.717, 1.165) is 18.7 Å². The van der Waals surface area contributed by atoms with Gasteiger partial charge in [0, 0.05) is 12.2 Å². The van der Waals surface area contributed by atoms with Crippen LogP contribution in [0.2, 0.25) is 0 Å². The van der Waals surface area contributed by atoms with E-state index in [4.69, 9.17) is 0 Å². The van der Waals surface area contributed by atoms with Gasteiger partial charge in [0.05, 0.1) is 6.67 Å². The van der Waals surface area contributed by atoms with Gasteiger partial charge in [-0.05, 0) is 25.0 Å². The molecule has 0 aliphatic carbocycles. The number of hydrogen-bond donors (Lipinski definition) is 1. The molecular weight excluding hydrogens is 153 g/mol. The number of alkyl halides is 1. The highest BCUT2D eigenvalue weighted by atomic mass is 19.1. The van der Waals surface area contributed by atoms with E-state index in [1.807, 2.05) is 30.3 Å². The molecule has 66 valence electrons. The Morgan fingerprint density at radius 1 is 1.08 bits per heavy atom. The number of benzene rings is 1. The average molecular weight is 167 g/mol. The minimum Gasteiger partial charge on any atom is -0.385 e. The van der Waals surface area contributed by atoms with E-state index in [2.05, 4.69) is 5.32 Å². The van der Waals surface area contributed by atoms with Crippen molar-refractivity contribution in [1.82, 2.24) is 0 Å². The predicted molar refractivity (Wildman–Crippen MR) is 50.1 cm³/mol. The highest BCUT2D eigenvalue weighted by Crippen LogP contribution is 2.04. The Kier molecular flexibility index (Phi) is 4.21. The Labute approximate surface area is 72.6 Å². The summed E-state index contributed by atoms with van der Waals surface area (Å²) in [6.07, 6.45) is 1.55. The van der Waals surface area contributed by atoms with Gasteiger partial charge in [0.15, 0.2) is 0 Å². The van der Waals surface area contributed by atoms with Crippen molar-refractivity contribution < 1.29 is 4.39 Å². The number of nitrogens with one attached hydrogen (secondary N) is 1. The quantitative estimate of drug-likeness (QED) is 0.665. The number of para-hydroxylation sites is 1. The smallest absolute Gasteiger partial charge is 0.0895 e. The summed E-state index contributed by atoms with van der Waals surface area (Å²) >= 11 is 0. The monoisotopic (exact) mass is 167 g/mol. The van der Waals surface area contributed by atoms with Crippen LogP contribution in [0.1, 0.15) is 12.8 Å². The first-order valence-corrected chi connectivity index (χ1v) is 4.28. The molecule has 1 nitrogen and oxygen atoms in total. The second-order valence-electron chi connectivity index (χ2n) is 2.69. The van der Waals surface area contributed by atoms with Crippen LogP contribution in [0, 0.1) is 0 Å². The lowest BCUT2D eigenvalue weighted by Crippen LogP contribution is -2.00. The van der Waals surface area contributed by atoms with Gasteiger partial charge in [0.2, 0.25) is 0 Å². The molecule has 0 aliphatic heterocycles. The van der Waals surface area contributed by atoms with Gasteiger partial charge in [-0.25, -0.2) is 0 Å². The molecule has 0 atom stereocenters. The predicted octanol–water partition coefficient (Wildman–Crippen LogP) is 2.85. The molecule has 0 unspecified atom stereocenters. The molecule has 0 aromatic heterocycles. The van der Waals surface area contributed by atoms with Gasteiger partial charge in [-0.15, -0.1) is 0 Å². The minimum absolute atomic E-state index is 0.212. The standard InChI is InChI=1S/C10H14FN/c11-8-4-5-9-12-10-6-2-1-3-7-10/h1-3,6-7,12H,4-5,8-9H2. The van der Waals surface area contributed by atoms with Crippen molar-refractivity contribution in [3.8, 4) is 0 Å². The lowest BCUT2D eigenvalue weighted by Gasteiger charge is -2.03. The summed E-state index contributed by atoms with van der Waals surface area (Å²) in [6, 6.07) is 9.96. The highest BCUT2D eigenvalue weighted by Gasteiger charge is 1.88. The molecule has 0 radical (unpaired) electrons. The van der Waals surface area contributed by atoms with Gasteiger partial charge < -0.3 is 5.32 Å². The topological polar surface area (TPSA) is 12.0 Å². The van der Waals surface area contributed by atoms with E-state index in [0.29, 0.717) is 6.42 Å². The molecule has 0 bridgehead atoms. The maximum absolute atomic E-state index is 11.7. The fourth-order valence-corrected chi connectivity index (χ4v) is 1.01. The zero-order chi connectivity index (χ0) is 8.65. The third-order valence-corrected chi connectivity index (χ3v) is 1.66. The summed E-state index contributed by atoms with van der Waals surface area (Å²) in [5, 5.41) is 3.21. The first kappa shape index (κ1) is 9.04. The van der Waals surface area contributed by atoms with Crippen molar-refractivity contribution in [2.45, 2.75) is 12.8 Å². The van der Waals surface area contributed by atoms with Crippen LogP contribution < -0.4 is 5.32 Å². The largest absolute Gasteiger partial charge is 0.385 e. The molecule has 1 rings (SSSR count). The number of unbranched alkanes of at least 4 members (excludes halogenated alkanes) is 1. The van der Waals surface area contributed by atoms with Gasteiger partial charge in [-0.2, -0.15) is 0 Å². The van der Waals surface area contributed by atoms with Gasteiger partial charge >= 0.3 is 0 Å². The SMILES string of the molecule is FCCCCNc1ccccc1. The molecule has 0 saturated carbocycles. The Bertz CT molecular complexity index is 198. The molecular formula is C10H14FN. The summed E-state index contributed by atoms with van der Waals surface area (Å²) in [5.41, 5.74) is 1.11. The fraction of sp³-hybridized carbons (Fsp3) is 0.400. The lowest BCUT2D eigenvalue weighted by atomic mass is 10.3. The van der Waals surface area contributed by atoms with Crippen molar-refractivity contribution in [3.63, 3.8) is 0 Å². The second-order valence-corrected chi connectivity index (χ2v) is 2.69. The Balaban J connectivity index is 2.16. The summed E-state index contributed by atoms with van der Waals surface area (Å²) in [7, 11) is 0. The number of halogens is 1. The van der Waals surface area contributed by atoms with Crippen molar-refractivity contribution in [2.24, 2.45) is 0 Å². The normalized spacial score (nSPS) is 9.75. The van der Waals surface area contributed by atoms with Crippen molar-refractivity contribution in [3.05, 3.63) is 30.3 Å². The van der Waals surface area contributed by atoms with Crippen LogP contribution in [0.5, 0.6) is 0 Å². The maximum atomic E-state index is 11.7. The first-order chi connectivity index (χ1) is 5.93. The van der Waals surface area contributed by atoms with Crippen LogP contribution in [-0.4, -0.2) is 13.2 Å². The van der Waals surface area contributed by atoms with Gasteiger partial charge in [0.1, 0.15) is 0 Å². The Hall–Kier alpha value is -1.05. The number of anilines is 1. The number of rotatable bonds is 5. The summed E-state index contributed by atoms with van der Waals surface area (Å²) < 4.78 is 11.7. The molecule has 0 aliphatic rings. The second kappa shape index (κ2) is 5.58. The van der Waals surface area contributed by atoms with Crippen LogP contribution in [-0.2, 0) is 0 Å². The molecule has 1 aromatic carbocycles. The van der Waals surface area contributed by atoms with Crippen LogP contribution in [0.15, 0.2) is 30.3 Å². The van der Waals surface area contributed by atoms with Crippen molar-refractivity contribution >= 4 is 5.69 Å². The van der Waals surface area contributed by atoms with Crippen LogP contribution in [0.25, 0.3) is 0 Å². The lowest BCUT2D eigenvalue weighted by molar-refractivity contribution is 0.466. The fourth-order valence-electron chi connectivity index (χ4n) is 1.01. The number of hydrogen-bond acceptors (Lipinski definition) is 1. The first-order valence-electron chi connectivity index (χ1n) is 4.28. The van der Waals surface area contributed by atoms with E-state index in [1.165, 1.54) is 0 Å². The minimum atomic E-state index is -0.212. The Morgan fingerprint density at radius 3 is 2.50 bits per heavy atom. The molecule has 0 spiro atoms. The molecule has 0 fully saturated rings. The van der Waals surface area contributed by atoms with Crippen molar-refractivity contribution in [2.75, 3.05) is 18.5 Å². The van der Waals surface area contributed by atoms with Crippen LogP contribution >= 0.6 is 0 Å². The maximum Gasteiger partial charge on any atom is 0.0895 e. The van der Waals surface area contributed by atoms with Gasteiger partial charge in [0.25, 0.3) is 0 Å². The van der Waals surface area contributed by atoms with E-state index < -0.39 is 0 Å². The van der Waals surface area contributed by atoms with Crippen LogP contribution in [0.3, 0.4) is 0 Å². The average Bonchev–Trinajstić information content (AvgIpc) is 2.14. The Morgan fingerprint density at radius 2 is 1.83 bits per heavy atom. The van der Waals surface area contributed by atoms with Gasteiger partial charge in [-0.1, -0.05) is 18.2 Å². The van der Waals surface area contributed by atoms with E-state index >= 15 is 0 Å². The van der Waals surface area contributed by atoms with E-state index in [-0.39, 0.29) is 6.67 Å². The third kappa shape index (κ3) is 3.37. The zero-order valence-corrected chi connectivity index (χ0v) is 7.09. The highest BCUT2D eigenvalue weighted by molar-refractivity contribution is 5.42. The molecule has 1 aromatic rings. The van der Waals surface area contributed by atoms with E-state index in [9.17, 15) is 4.39 Å². The van der Waals surface area contributed by atoms with Crippen LogP contribution in [0.4, 0.5) is 10.1 Å². The molecule has 2 heteroatoms. The molecule has 12 heavy (non-hydrogen) atoms. The summed E-state index contributed by atoms with van der Waals surface area (Å²) in [4.78, 5) is 0. The molecule has 0 amide bonds. The van der Waals surface area contributed by atoms with E-state index in [1.54, 1.807) is 0 Å². The molecule has 1 N–H and O–H groups in total. The summed E-state index contributed by atoms with van der Waals surface area (Å²) in [5.74, 6) is 0. The molecule has 0 heterocycles. The van der Waals surface area contributed by atoms with Crippen molar-refractivity contribution in [1.29, 1.82) is 0 Å². The van der Waals surface area contributed by atoms with Gasteiger partial charge in [-0.3, -0.25) is 4.39 Å². The zero-order valence-electron chi connectivity index (χ0n) is 7.09.